The molecule has 0 atom stereocenters. The molecule has 62 valence electrons. The van der Waals surface area contributed by atoms with Gasteiger partial charge in [0.2, 0.25) is 0 Å². The Kier molecular flexibility index (Phi) is 1.80. The van der Waals surface area contributed by atoms with E-state index in [4.69, 9.17) is 5.73 Å². The van der Waals surface area contributed by atoms with Gasteiger partial charge in [-0.3, -0.25) is 0 Å². The molecule has 0 radical (unpaired) electrons. The highest BCUT2D eigenvalue weighted by atomic mass is 15.0. The summed E-state index contributed by atoms with van der Waals surface area (Å²) in [6, 6.07) is 4.07. The number of nitrogens with two attached hydrogens (primary N) is 1. The smallest absolute Gasteiger partial charge is 0.136 e. The minimum atomic E-state index is 0.695. The number of aromatic nitrogens is 2. The first kappa shape index (κ1) is 7.31. The zero-order valence-electron chi connectivity index (χ0n) is 6.77. The van der Waals surface area contributed by atoms with Crippen molar-refractivity contribution in [3.8, 4) is 0 Å². The quantitative estimate of drug-likeness (QED) is 0.709. The fourth-order valence-corrected chi connectivity index (χ4v) is 1.28. The molecule has 3 nitrogen and oxygen atoms in total. The van der Waals surface area contributed by atoms with Crippen LogP contribution in [0.1, 0.15) is 5.56 Å². The van der Waals surface area contributed by atoms with Crippen LogP contribution < -0.4 is 5.73 Å². The van der Waals surface area contributed by atoms with Crippen LogP contribution in [0.3, 0.4) is 0 Å². The van der Waals surface area contributed by atoms with Gasteiger partial charge in [-0.1, -0.05) is 6.07 Å². The second kappa shape index (κ2) is 2.95. The number of nitrogens with zero attached hydrogens (tertiary/aromatic N) is 2. The average molecular weight is 161 g/mol. The Morgan fingerprint density at radius 2 is 2.33 bits per heavy atom. The summed E-state index contributed by atoms with van der Waals surface area (Å²) in [5.74, 6) is 0. The molecule has 2 rings (SSSR count). The first-order chi connectivity index (χ1) is 5.90. The third-order valence-electron chi connectivity index (χ3n) is 1.88. The fraction of sp³-hybridized carbons (Fsp3) is 0.222. The van der Waals surface area contributed by atoms with Gasteiger partial charge in [0.1, 0.15) is 5.65 Å². The normalized spacial score (nSPS) is 10.8. The van der Waals surface area contributed by atoms with Crippen LogP contribution in [0.25, 0.3) is 5.65 Å². The molecule has 0 saturated heterocycles. The molecule has 0 aliphatic heterocycles. The largest absolute Gasteiger partial charge is 0.330 e. The molecule has 2 aromatic rings. The van der Waals surface area contributed by atoms with Crippen molar-refractivity contribution in [3.63, 3.8) is 0 Å². The Bertz CT molecular complexity index is 378. The van der Waals surface area contributed by atoms with Crippen molar-refractivity contribution in [2.75, 3.05) is 6.54 Å². The summed E-state index contributed by atoms with van der Waals surface area (Å²) in [5.41, 5.74) is 7.69. The zero-order chi connectivity index (χ0) is 8.39. The highest BCUT2D eigenvalue weighted by Gasteiger charge is 1.94. The van der Waals surface area contributed by atoms with Crippen LogP contribution in [0.15, 0.2) is 30.7 Å². The summed E-state index contributed by atoms with van der Waals surface area (Å²) in [4.78, 5) is 4.15. The van der Waals surface area contributed by atoms with Gasteiger partial charge in [0.25, 0.3) is 0 Å². The van der Waals surface area contributed by atoms with Gasteiger partial charge in [-0.25, -0.2) is 4.98 Å². The van der Waals surface area contributed by atoms with Crippen LogP contribution in [0.4, 0.5) is 0 Å². The van der Waals surface area contributed by atoms with Crippen LogP contribution in [-0.4, -0.2) is 15.9 Å². The highest BCUT2D eigenvalue weighted by Crippen LogP contribution is 2.04. The Labute approximate surface area is 70.8 Å². The van der Waals surface area contributed by atoms with Crippen LogP contribution in [0.2, 0.25) is 0 Å². The van der Waals surface area contributed by atoms with E-state index >= 15 is 0 Å². The lowest BCUT2D eigenvalue weighted by Gasteiger charge is -1.98. The molecule has 0 bridgehead atoms. The topological polar surface area (TPSA) is 43.3 Å². The van der Waals surface area contributed by atoms with Crippen molar-refractivity contribution >= 4 is 5.65 Å². The predicted octanol–water partition coefficient (Wildman–Crippen LogP) is 0.835. The summed E-state index contributed by atoms with van der Waals surface area (Å²) in [5, 5.41) is 0. The molecule has 0 spiro atoms. The van der Waals surface area contributed by atoms with Gasteiger partial charge in [-0.05, 0) is 24.6 Å². The van der Waals surface area contributed by atoms with E-state index in [1.54, 1.807) is 6.20 Å². The first-order valence-corrected chi connectivity index (χ1v) is 4.02. The van der Waals surface area contributed by atoms with E-state index in [1.165, 1.54) is 5.56 Å². The van der Waals surface area contributed by atoms with E-state index in [0.29, 0.717) is 6.54 Å². The van der Waals surface area contributed by atoms with Crippen LogP contribution >= 0.6 is 0 Å². The molecule has 2 N–H and O–H groups in total. The van der Waals surface area contributed by atoms with E-state index < -0.39 is 0 Å². The monoisotopic (exact) mass is 161 g/mol. The third kappa shape index (κ3) is 1.19. The number of fused-ring (bicyclic) bond motifs is 1. The molecular formula is C9H11N3. The maximum atomic E-state index is 5.46. The Hall–Kier alpha value is -1.35. The first-order valence-electron chi connectivity index (χ1n) is 4.02. The maximum Gasteiger partial charge on any atom is 0.136 e. The molecule has 0 aromatic carbocycles. The molecular weight excluding hydrogens is 150 g/mol. The maximum absolute atomic E-state index is 5.46. The minimum Gasteiger partial charge on any atom is -0.330 e. The summed E-state index contributed by atoms with van der Waals surface area (Å²) in [7, 11) is 0. The van der Waals surface area contributed by atoms with Crippen molar-refractivity contribution in [1.29, 1.82) is 0 Å². The zero-order valence-corrected chi connectivity index (χ0v) is 6.77. The van der Waals surface area contributed by atoms with Crippen LogP contribution in [0.5, 0.6) is 0 Å². The molecule has 2 aromatic heterocycles. The molecule has 0 aliphatic carbocycles. The summed E-state index contributed by atoms with van der Waals surface area (Å²) in [6.45, 7) is 0.695. The number of imidazole rings is 1. The van der Waals surface area contributed by atoms with Gasteiger partial charge < -0.3 is 10.1 Å². The third-order valence-corrected chi connectivity index (χ3v) is 1.88. The second-order valence-corrected chi connectivity index (χ2v) is 2.77. The van der Waals surface area contributed by atoms with Crippen molar-refractivity contribution < 1.29 is 0 Å². The molecule has 0 amide bonds. The molecule has 0 aliphatic rings. The summed E-state index contributed by atoms with van der Waals surface area (Å²) >= 11 is 0. The van der Waals surface area contributed by atoms with Crippen molar-refractivity contribution in [1.82, 2.24) is 9.38 Å². The van der Waals surface area contributed by atoms with E-state index in [2.05, 4.69) is 17.2 Å². The van der Waals surface area contributed by atoms with E-state index in [0.717, 1.165) is 12.1 Å². The standard InChI is InChI=1S/C9H11N3/c10-4-3-8-1-2-9-11-5-6-12(9)7-8/h1-2,5-7H,3-4,10H2. The van der Waals surface area contributed by atoms with Crippen LogP contribution in [0, 0.1) is 0 Å². The Morgan fingerprint density at radius 3 is 3.17 bits per heavy atom. The summed E-state index contributed by atoms with van der Waals surface area (Å²) < 4.78 is 2.00. The van der Waals surface area contributed by atoms with Crippen LogP contribution in [-0.2, 0) is 6.42 Å². The number of hydrogen-bond donors (Lipinski definition) is 1. The number of pyridine rings is 1. The van der Waals surface area contributed by atoms with Crippen molar-refractivity contribution in [2.24, 2.45) is 5.73 Å². The molecule has 3 heteroatoms. The molecule has 0 unspecified atom stereocenters. The lowest BCUT2D eigenvalue weighted by atomic mass is 10.2. The van der Waals surface area contributed by atoms with Gasteiger partial charge in [0.15, 0.2) is 0 Å². The fourth-order valence-electron chi connectivity index (χ4n) is 1.28. The minimum absolute atomic E-state index is 0.695. The Morgan fingerprint density at radius 1 is 1.42 bits per heavy atom. The van der Waals surface area contributed by atoms with Crippen molar-refractivity contribution in [3.05, 3.63) is 36.3 Å². The molecule has 0 saturated carbocycles. The van der Waals surface area contributed by atoms with Gasteiger partial charge in [-0.15, -0.1) is 0 Å². The average Bonchev–Trinajstić information content (AvgIpc) is 2.51. The SMILES string of the molecule is NCCc1ccc2nccn2c1. The second-order valence-electron chi connectivity index (χ2n) is 2.77. The molecule has 0 fully saturated rings. The Balaban J connectivity index is 2.46. The number of hydrogen-bond acceptors (Lipinski definition) is 2. The number of rotatable bonds is 2. The van der Waals surface area contributed by atoms with E-state index in [1.807, 2.05) is 16.7 Å². The van der Waals surface area contributed by atoms with Gasteiger partial charge >= 0.3 is 0 Å². The lowest BCUT2D eigenvalue weighted by molar-refractivity contribution is 0.951. The molecule has 12 heavy (non-hydrogen) atoms. The van der Waals surface area contributed by atoms with Crippen molar-refractivity contribution in [2.45, 2.75) is 6.42 Å². The van der Waals surface area contributed by atoms with Gasteiger partial charge in [-0.2, -0.15) is 0 Å². The molecule has 2 heterocycles. The highest BCUT2D eigenvalue weighted by molar-refractivity contribution is 5.39. The predicted molar refractivity (Wildman–Crippen MR) is 48.0 cm³/mol. The lowest BCUT2D eigenvalue weighted by Crippen LogP contribution is -2.03. The van der Waals surface area contributed by atoms with Gasteiger partial charge in [0, 0.05) is 18.6 Å². The summed E-state index contributed by atoms with van der Waals surface area (Å²) in [6.07, 6.45) is 6.72. The van der Waals surface area contributed by atoms with Gasteiger partial charge in [0.05, 0.1) is 0 Å². The van der Waals surface area contributed by atoms with E-state index in [-0.39, 0.29) is 0 Å². The van der Waals surface area contributed by atoms with E-state index in [9.17, 15) is 0 Å².